The van der Waals surface area contributed by atoms with Crippen LogP contribution in [0, 0.1) is 0 Å². The van der Waals surface area contributed by atoms with Crippen molar-refractivity contribution < 1.29 is 19.1 Å². The van der Waals surface area contributed by atoms with Gasteiger partial charge in [-0.05, 0) is 6.92 Å². The monoisotopic (exact) mass is 294 g/mol. The van der Waals surface area contributed by atoms with E-state index >= 15 is 0 Å². The predicted octanol–water partition coefficient (Wildman–Crippen LogP) is -0.394. The van der Waals surface area contributed by atoms with Gasteiger partial charge in [-0.1, -0.05) is 0 Å². The maximum Gasteiger partial charge on any atom is 0.325 e. The van der Waals surface area contributed by atoms with Crippen LogP contribution in [0.4, 0.5) is 5.95 Å². The third-order valence-corrected chi connectivity index (χ3v) is 2.89. The van der Waals surface area contributed by atoms with Gasteiger partial charge in [0.2, 0.25) is 5.95 Å². The molecule has 1 saturated heterocycles. The Morgan fingerprint density at radius 3 is 2.62 bits per heavy atom. The van der Waals surface area contributed by atoms with Gasteiger partial charge in [0.25, 0.3) is 5.91 Å². The van der Waals surface area contributed by atoms with Crippen LogP contribution in [0.1, 0.15) is 17.3 Å². The summed E-state index contributed by atoms with van der Waals surface area (Å²) in [4.78, 5) is 33.3. The number of ether oxygens (including phenoxy) is 2. The van der Waals surface area contributed by atoms with Crippen molar-refractivity contribution in [2.75, 3.05) is 44.4 Å². The van der Waals surface area contributed by atoms with Crippen LogP contribution < -0.4 is 10.2 Å². The number of amides is 1. The van der Waals surface area contributed by atoms with Crippen LogP contribution in [0.2, 0.25) is 0 Å². The molecule has 8 nitrogen and oxygen atoms in total. The Morgan fingerprint density at radius 1 is 1.33 bits per heavy atom. The number of hydrogen-bond donors (Lipinski definition) is 1. The van der Waals surface area contributed by atoms with Gasteiger partial charge in [-0.3, -0.25) is 9.59 Å². The first kappa shape index (κ1) is 15.2. The van der Waals surface area contributed by atoms with E-state index in [1.807, 2.05) is 4.90 Å². The molecule has 1 aliphatic heterocycles. The molecule has 0 unspecified atom stereocenters. The Labute approximate surface area is 122 Å². The van der Waals surface area contributed by atoms with E-state index < -0.39 is 11.9 Å². The van der Waals surface area contributed by atoms with Crippen molar-refractivity contribution in [3.05, 3.63) is 18.0 Å². The average Bonchev–Trinajstić information content (AvgIpc) is 2.54. The second-order valence-corrected chi connectivity index (χ2v) is 4.36. The largest absolute Gasteiger partial charge is 0.465 e. The molecule has 2 heterocycles. The first-order valence-corrected chi connectivity index (χ1v) is 6.79. The molecule has 114 valence electrons. The molecule has 0 aliphatic carbocycles. The fourth-order valence-electron chi connectivity index (χ4n) is 1.83. The van der Waals surface area contributed by atoms with E-state index in [1.165, 1.54) is 12.4 Å². The van der Waals surface area contributed by atoms with Crippen LogP contribution in [-0.4, -0.2) is 61.3 Å². The number of nitrogens with zero attached hydrogens (tertiary/aromatic N) is 3. The summed E-state index contributed by atoms with van der Waals surface area (Å²) >= 11 is 0. The summed E-state index contributed by atoms with van der Waals surface area (Å²) < 4.78 is 9.98. The molecule has 0 radical (unpaired) electrons. The Hall–Kier alpha value is -2.22. The number of carbonyl (C=O) groups excluding carboxylic acids is 2. The Balaban J connectivity index is 1.88. The van der Waals surface area contributed by atoms with Crippen molar-refractivity contribution in [1.82, 2.24) is 15.3 Å². The van der Waals surface area contributed by atoms with Gasteiger partial charge >= 0.3 is 5.97 Å². The van der Waals surface area contributed by atoms with Crippen molar-refractivity contribution in [3.8, 4) is 0 Å². The topological polar surface area (TPSA) is 93.6 Å². The number of aromatic nitrogens is 2. The second-order valence-electron chi connectivity index (χ2n) is 4.36. The highest BCUT2D eigenvalue weighted by Crippen LogP contribution is 2.09. The van der Waals surface area contributed by atoms with Crippen LogP contribution in [0.25, 0.3) is 0 Å². The zero-order valence-electron chi connectivity index (χ0n) is 11.9. The Bertz CT molecular complexity index is 485. The fraction of sp³-hybridized carbons (Fsp3) is 0.538. The van der Waals surface area contributed by atoms with Gasteiger partial charge in [-0.15, -0.1) is 0 Å². The zero-order chi connectivity index (χ0) is 15.1. The maximum absolute atomic E-state index is 11.8. The normalized spacial score (nSPS) is 14.6. The van der Waals surface area contributed by atoms with Crippen LogP contribution in [0.3, 0.4) is 0 Å². The molecular formula is C13H18N4O4. The number of carbonyl (C=O) groups is 2. The molecule has 21 heavy (non-hydrogen) atoms. The molecule has 1 N–H and O–H groups in total. The van der Waals surface area contributed by atoms with Gasteiger partial charge in [0.15, 0.2) is 0 Å². The number of nitrogens with one attached hydrogen (secondary N) is 1. The Kier molecular flexibility index (Phi) is 5.44. The highest BCUT2D eigenvalue weighted by molar-refractivity contribution is 5.95. The van der Waals surface area contributed by atoms with Crippen LogP contribution in [0.5, 0.6) is 0 Å². The van der Waals surface area contributed by atoms with Gasteiger partial charge in [-0.25, -0.2) is 9.97 Å². The molecule has 2 rings (SSSR count). The maximum atomic E-state index is 11.8. The molecule has 1 fully saturated rings. The molecule has 0 saturated carbocycles. The quantitative estimate of drug-likeness (QED) is 0.739. The van der Waals surface area contributed by atoms with Gasteiger partial charge < -0.3 is 19.7 Å². The highest BCUT2D eigenvalue weighted by Gasteiger charge is 2.15. The molecule has 0 aromatic carbocycles. The van der Waals surface area contributed by atoms with E-state index in [-0.39, 0.29) is 13.2 Å². The number of esters is 1. The van der Waals surface area contributed by atoms with E-state index in [0.29, 0.717) is 24.7 Å². The predicted molar refractivity (Wildman–Crippen MR) is 74.0 cm³/mol. The summed E-state index contributed by atoms with van der Waals surface area (Å²) in [6.45, 7) is 4.57. The lowest BCUT2D eigenvalue weighted by molar-refractivity contribution is -0.141. The fourth-order valence-corrected chi connectivity index (χ4v) is 1.83. The lowest BCUT2D eigenvalue weighted by Gasteiger charge is -2.26. The molecule has 0 spiro atoms. The van der Waals surface area contributed by atoms with E-state index in [0.717, 1.165) is 13.1 Å². The number of hydrogen-bond acceptors (Lipinski definition) is 7. The van der Waals surface area contributed by atoms with E-state index in [2.05, 4.69) is 15.3 Å². The first-order chi connectivity index (χ1) is 10.2. The van der Waals surface area contributed by atoms with Crippen molar-refractivity contribution in [3.63, 3.8) is 0 Å². The molecule has 0 atom stereocenters. The molecule has 1 amide bonds. The molecule has 1 aromatic heterocycles. The molecule has 1 aliphatic rings. The second kappa shape index (κ2) is 7.53. The van der Waals surface area contributed by atoms with Crippen molar-refractivity contribution in [1.29, 1.82) is 0 Å². The standard InChI is InChI=1S/C13H18N4O4/c1-2-21-11(18)9-14-12(19)10-7-15-13(16-8-10)17-3-5-20-6-4-17/h7-8H,2-6,9H2,1H3,(H,14,19). The molecule has 0 bridgehead atoms. The van der Waals surface area contributed by atoms with Crippen LogP contribution in [-0.2, 0) is 14.3 Å². The van der Waals surface area contributed by atoms with Gasteiger partial charge in [0.05, 0.1) is 25.4 Å². The summed E-state index contributed by atoms with van der Waals surface area (Å²) in [5.74, 6) is -0.312. The lowest BCUT2D eigenvalue weighted by Crippen LogP contribution is -2.37. The minimum atomic E-state index is -0.475. The molecule has 1 aromatic rings. The lowest BCUT2D eigenvalue weighted by atomic mass is 10.3. The Morgan fingerprint density at radius 2 is 2.00 bits per heavy atom. The van der Waals surface area contributed by atoms with Gasteiger partial charge in [0.1, 0.15) is 6.54 Å². The number of rotatable bonds is 5. The summed E-state index contributed by atoms with van der Waals surface area (Å²) in [5.41, 5.74) is 0.302. The number of anilines is 1. The van der Waals surface area contributed by atoms with Crippen LogP contribution >= 0.6 is 0 Å². The van der Waals surface area contributed by atoms with Crippen molar-refractivity contribution in [2.24, 2.45) is 0 Å². The van der Waals surface area contributed by atoms with Crippen molar-refractivity contribution in [2.45, 2.75) is 6.92 Å². The summed E-state index contributed by atoms with van der Waals surface area (Å²) in [6.07, 6.45) is 2.89. The highest BCUT2D eigenvalue weighted by atomic mass is 16.5. The van der Waals surface area contributed by atoms with Gasteiger partial charge in [0, 0.05) is 25.5 Å². The van der Waals surface area contributed by atoms with Crippen molar-refractivity contribution >= 4 is 17.8 Å². The summed E-state index contributed by atoms with van der Waals surface area (Å²) in [7, 11) is 0. The minimum Gasteiger partial charge on any atom is -0.465 e. The number of morpholine rings is 1. The minimum absolute atomic E-state index is 0.169. The first-order valence-electron chi connectivity index (χ1n) is 6.79. The average molecular weight is 294 g/mol. The summed E-state index contributed by atoms with van der Waals surface area (Å²) in [5, 5.41) is 2.46. The van der Waals surface area contributed by atoms with E-state index in [9.17, 15) is 9.59 Å². The zero-order valence-corrected chi connectivity index (χ0v) is 11.9. The van der Waals surface area contributed by atoms with Crippen LogP contribution in [0.15, 0.2) is 12.4 Å². The SMILES string of the molecule is CCOC(=O)CNC(=O)c1cnc(N2CCOCC2)nc1. The smallest absolute Gasteiger partial charge is 0.325 e. The third-order valence-electron chi connectivity index (χ3n) is 2.89. The van der Waals surface area contributed by atoms with Gasteiger partial charge in [-0.2, -0.15) is 0 Å². The molecular weight excluding hydrogens is 276 g/mol. The summed E-state index contributed by atoms with van der Waals surface area (Å²) in [6, 6.07) is 0. The van der Waals surface area contributed by atoms with E-state index in [4.69, 9.17) is 9.47 Å². The third kappa shape index (κ3) is 4.38. The van der Waals surface area contributed by atoms with E-state index in [1.54, 1.807) is 6.92 Å². The molecule has 8 heteroatoms.